The normalized spacial score (nSPS) is 11.3. The van der Waals surface area contributed by atoms with E-state index in [0.29, 0.717) is 0 Å². The summed E-state index contributed by atoms with van der Waals surface area (Å²) in [5.41, 5.74) is 14.7. The monoisotopic (exact) mass is 798 g/mol. The van der Waals surface area contributed by atoms with Crippen molar-refractivity contribution in [2.75, 3.05) is 0 Å². The van der Waals surface area contributed by atoms with Gasteiger partial charge in [-0.15, -0.1) is 22.7 Å². The van der Waals surface area contributed by atoms with E-state index >= 15 is 0 Å². The molecule has 0 fully saturated rings. The first-order valence-electron chi connectivity index (χ1n) is 20.4. The van der Waals surface area contributed by atoms with Gasteiger partial charge in [-0.3, -0.25) is 0 Å². The van der Waals surface area contributed by atoms with Crippen LogP contribution in [0.15, 0.2) is 231 Å². The summed E-state index contributed by atoms with van der Waals surface area (Å²) < 4.78 is 0. The van der Waals surface area contributed by atoms with Crippen molar-refractivity contribution in [2.45, 2.75) is 0 Å². The zero-order valence-corrected chi connectivity index (χ0v) is 34.4. The molecule has 11 rings (SSSR count). The SMILES string of the molecule is c1ccc(-c2ccc3c(-c4cccc(-c5ccc(-c6ccccc6)s5)c4)c4cc(-c5ccccc5)ccc4c(-c4cccc(-c5ccc(-c6ccccc6)s5)c4)c3c2)cc1. The Hall–Kier alpha value is -7.10. The van der Waals surface area contributed by atoms with Gasteiger partial charge in [0, 0.05) is 19.5 Å². The molecule has 0 saturated heterocycles. The van der Waals surface area contributed by atoms with Crippen molar-refractivity contribution >= 4 is 44.2 Å². The molecule has 0 aliphatic heterocycles. The Kier molecular flexibility index (Phi) is 9.35. The summed E-state index contributed by atoms with van der Waals surface area (Å²) in [6.07, 6.45) is 0. The van der Waals surface area contributed by atoms with Crippen LogP contribution < -0.4 is 0 Å². The van der Waals surface area contributed by atoms with E-state index < -0.39 is 0 Å². The van der Waals surface area contributed by atoms with Crippen LogP contribution in [0.4, 0.5) is 0 Å². The maximum absolute atomic E-state index is 2.43. The average Bonchev–Trinajstić information content (AvgIpc) is 4.04. The highest BCUT2D eigenvalue weighted by molar-refractivity contribution is 7.19. The van der Waals surface area contributed by atoms with E-state index in [1.165, 1.54) is 108 Å². The van der Waals surface area contributed by atoms with Crippen LogP contribution in [0.25, 0.3) is 108 Å². The van der Waals surface area contributed by atoms with Crippen molar-refractivity contribution in [1.82, 2.24) is 0 Å². The zero-order chi connectivity index (χ0) is 39.8. The largest absolute Gasteiger partial charge is 0.135 e. The second-order valence-corrected chi connectivity index (χ2v) is 17.4. The minimum absolute atomic E-state index is 1.21. The number of hydrogen-bond donors (Lipinski definition) is 0. The summed E-state index contributed by atoms with van der Waals surface area (Å²) in [6.45, 7) is 0. The standard InChI is InChI=1S/C58H38S2/c1-5-15-39(16-6-1)43-27-29-49-51(37-43)57(47-25-13-23-45(35-47)55-33-31-53(59-55)41-19-9-3-10-20-41)50-30-28-44(40-17-7-2-8-18-40)38-52(50)58(49)48-26-14-24-46(36-48)56-34-32-54(60-56)42-21-11-4-12-22-42/h1-38H. The molecule has 2 aromatic heterocycles. The molecule has 0 radical (unpaired) electrons. The van der Waals surface area contributed by atoms with E-state index in [-0.39, 0.29) is 0 Å². The van der Waals surface area contributed by atoms with E-state index in [1.54, 1.807) is 0 Å². The molecule has 0 saturated carbocycles. The zero-order valence-electron chi connectivity index (χ0n) is 32.8. The molecule has 282 valence electrons. The second kappa shape index (κ2) is 15.6. The fourth-order valence-electron chi connectivity index (χ4n) is 8.63. The van der Waals surface area contributed by atoms with Crippen LogP contribution >= 0.6 is 22.7 Å². The average molecular weight is 799 g/mol. The molecule has 60 heavy (non-hydrogen) atoms. The van der Waals surface area contributed by atoms with Crippen molar-refractivity contribution in [3.8, 4) is 86.3 Å². The fraction of sp³-hybridized carbons (Fsp3) is 0. The van der Waals surface area contributed by atoms with Gasteiger partial charge in [-0.05, 0) is 137 Å². The van der Waals surface area contributed by atoms with Crippen LogP contribution in [0.1, 0.15) is 0 Å². The van der Waals surface area contributed by atoms with Gasteiger partial charge in [0.05, 0.1) is 0 Å². The third-order valence-electron chi connectivity index (χ3n) is 11.5. The number of hydrogen-bond acceptors (Lipinski definition) is 2. The maximum atomic E-state index is 2.43. The molecule has 0 nitrogen and oxygen atoms in total. The predicted molar refractivity (Wildman–Crippen MR) is 261 cm³/mol. The highest BCUT2D eigenvalue weighted by atomic mass is 32.1. The highest BCUT2D eigenvalue weighted by Crippen LogP contribution is 2.48. The molecule has 11 aromatic rings. The van der Waals surface area contributed by atoms with E-state index in [2.05, 4.69) is 231 Å². The maximum Gasteiger partial charge on any atom is 0.0349 e. The first kappa shape index (κ1) is 36.0. The van der Waals surface area contributed by atoms with Gasteiger partial charge in [-0.1, -0.05) is 182 Å². The molecule has 0 bridgehead atoms. The van der Waals surface area contributed by atoms with Crippen molar-refractivity contribution in [1.29, 1.82) is 0 Å². The van der Waals surface area contributed by atoms with Gasteiger partial charge in [0.2, 0.25) is 0 Å². The van der Waals surface area contributed by atoms with E-state index in [9.17, 15) is 0 Å². The topological polar surface area (TPSA) is 0 Å². The van der Waals surface area contributed by atoms with Crippen LogP contribution in [-0.2, 0) is 0 Å². The minimum atomic E-state index is 1.21. The van der Waals surface area contributed by atoms with Crippen molar-refractivity contribution in [3.05, 3.63) is 231 Å². The molecule has 0 aliphatic carbocycles. The molecule has 0 unspecified atom stereocenters. The van der Waals surface area contributed by atoms with Crippen LogP contribution in [0, 0.1) is 0 Å². The number of rotatable bonds is 8. The molecule has 2 heteroatoms. The lowest BCUT2D eigenvalue weighted by molar-refractivity contribution is 1.61. The van der Waals surface area contributed by atoms with Gasteiger partial charge in [-0.2, -0.15) is 0 Å². The third kappa shape index (κ3) is 6.76. The molecule has 9 aromatic carbocycles. The molecular weight excluding hydrogens is 761 g/mol. The predicted octanol–water partition coefficient (Wildman–Crippen LogP) is 17.5. The molecule has 0 atom stereocenters. The van der Waals surface area contributed by atoms with Crippen LogP contribution in [0.3, 0.4) is 0 Å². The Morgan fingerprint density at radius 3 is 0.883 bits per heavy atom. The Morgan fingerprint density at radius 1 is 0.183 bits per heavy atom. The van der Waals surface area contributed by atoms with Crippen LogP contribution in [0.2, 0.25) is 0 Å². The number of benzene rings is 9. The van der Waals surface area contributed by atoms with Gasteiger partial charge in [0.1, 0.15) is 0 Å². The van der Waals surface area contributed by atoms with Crippen molar-refractivity contribution in [2.24, 2.45) is 0 Å². The minimum Gasteiger partial charge on any atom is -0.135 e. The summed E-state index contributed by atoms with van der Waals surface area (Å²) in [6, 6.07) is 84.5. The molecule has 0 spiro atoms. The quantitative estimate of drug-likeness (QED) is 0.134. The summed E-state index contributed by atoms with van der Waals surface area (Å²) in [5.74, 6) is 0. The van der Waals surface area contributed by atoms with Gasteiger partial charge in [0.25, 0.3) is 0 Å². The summed E-state index contributed by atoms with van der Waals surface area (Å²) in [7, 11) is 0. The Labute approximate surface area is 359 Å². The van der Waals surface area contributed by atoms with Crippen molar-refractivity contribution in [3.63, 3.8) is 0 Å². The fourth-order valence-corrected chi connectivity index (χ4v) is 10.6. The Morgan fingerprint density at radius 2 is 0.500 bits per heavy atom. The molecular formula is C58H38S2. The first-order chi connectivity index (χ1) is 29.7. The number of fused-ring (bicyclic) bond motifs is 2. The lowest BCUT2D eigenvalue weighted by Crippen LogP contribution is -1.93. The number of thiophene rings is 2. The summed E-state index contributed by atoms with van der Waals surface area (Å²) in [5, 5.41) is 4.96. The Bertz CT molecular complexity index is 3060. The van der Waals surface area contributed by atoms with Gasteiger partial charge >= 0.3 is 0 Å². The van der Waals surface area contributed by atoms with Gasteiger partial charge in [0.15, 0.2) is 0 Å². The lowest BCUT2D eigenvalue weighted by atomic mass is 9.83. The van der Waals surface area contributed by atoms with Crippen LogP contribution in [0.5, 0.6) is 0 Å². The van der Waals surface area contributed by atoms with Crippen molar-refractivity contribution < 1.29 is 0 Å². The smallest absolute Gasteiger partial charge is 0.0349 e. The molecule has 0 N–H and O–H groups in total. The molecule has 2 heterocycles. The second-order valence-electron chi connectivity index (χ2n) is 15.2. The summed E-state index contributed by atoms with van der Waals surface area (Å²) >= 11 is 3.70. The molecule has 0 amide bonds. The Balaban J connectivity index is 1.16. The van der Waals surface area contributed by atoms with Gasteiger partial charge < -0.3 is 0 Å². The summed E-state index contributed by atoms with van der Waals surface area (Å²) in [4.78, 5) is 5.08. The third-order valence-corrected chi connectivity index (χ3v) is 13.9. The van der Waals surface area contributed by atoms with E-state index in [4.69, 9.17) is 0 Å². The molecule has 0 aliphatic rings. The first-order valence-corrected chi connectivity index (χ1v) is 22.0. The van der Waals surface area contributed by atoms with Crippen LogP contribution in [-0.4, -0.2) is 0 Å². The highest BCUT2D eigenvalue weighted by Gasteiger charge is 2.20. The van der Waals surface area contributed by atoms with E-state index in [1.807, 2.05) is 22.7 Å². The van der Waals surface area contributed by atoms with E-state index in [0.717, 1.165) is 0 Å². The lowest BCUT2D eigenvalue weighted by Gasteiger charge is -2.20. The van der Waals surface area contributed by atoms with Gasteiger partial charge in [-0.25, -0.2) is 0 Å².